The van der Waals surface area contributed by atoms with Gasteiger partial charge in [-0.25, -0.2) is 9.97 Å². The largest absolute Gasteiger partial charge is 0.393 e. The molecule has 0 bridgehead atoms. The molecule has 1 aromatic heterocycles. The number of amides is 1. The van der Waals surface area contributed by atoms with Gasteiger partial charge in [0.1, 0.15) is 12.0 Å². The van der Waals surface area contributed by atoms with Gasteiger partial charge in [0.2, 0.25) is 0 Å². The van der Waals surface area contributed by atoms with Gasteiger partial charge in [-0.15, -0.1) is 0 Å². The number of aryl methyl sites for hydroxylation is 1. The smallest absolute Gasteiger partial charge is 0.269 e. The van der Waals surface area contributed by atoms with E-state index in [1.807, 2.05) is 13.0 Å². The van der Waals surface area contributed by atoms with Crippen molar-refractivity contribution in [2.75, 3.05) is 16.5 Å². The van der Waals surface area contributed by atoms with Crippen molar-refractivity contribution in [3.63, 3.8) is 0 Å². The Morgan fingerprint density at radius 1 is 1.00 bits per heavy atom. The summed E-state index contributed by atoms with van der Waals surface area (Å²) >= 11 is 18.5. The summed E-state index contributed by atoms with van der Waals surface area (Å²) in [4.78, 5) is 20.7. The molecule has 0 saturated heterocycles. The lowest BCUT2D eigenvalue weighted by atomic mass is 9.91. The predicted octanol–water partition coefficient (Wildman–Crippen LogP) is 6.48. The van der Waals surface area contributed by atoms with Gasteiger partial charge >= 0.3 is 0 Å². The maximum Gasteiger partial charge on any atom is 0.269 e. The molecular formula is C26H20Cl3N7O. The number of nitrogen functional groups attached to an aromatic ring is 1. The minimum atomic E-state index is -0.569. The van der Waals surface area contributed by atoms with Crippen molar-refractivity contribution in [2.24, 2.45) is 0 Å². The van der Waals surface area contributed by atoms with Gasteiger partial charge in [-0.2, -0.15) is 5.26 Å². The van der Waals surface area contributed by atoms with Crippen LogP contribution < -0.4 is 21.9 Å². The summed E-state index contributed by atoms with van der Waals surface area (Å²) in [6, 6.07) is 19.4. The number of hydrogen-bond acceptors (Lipinski definition) is 7. The summed E-state index contributed by atoms with van der Waals surface area (Å²) in [6.45, 7) is 1.88. The van der Waals surface area contributed by atoms with Gasteiger partial charge in [0, 0.05) is 26.3 Å². The number of benzene rings is 3. The van der Waals surface area contributed by atoms with Gasteiger partial charge in [0.25, 0.3) is 5.91 Å². The van der Waals surface area contributed by atoms with Crippen LogP contribution in [0, 0.1) is 18.3 Å². The van der Waals surface area contributed by atoms with E-state index in [9.17, 15) is 10.1 Å². The Morgan fingerprint density at radius 3 is 2.43 bits per heavy atom. The van der Waals surface area contributed by atoms with Gasteiger partial charge in [0.15, 0.2) is 11.6 Å². The second-order valence-corrected chi connectivity index (χ2v) is 9.28. The van der Waals surface area contributed by atoms with Crippen LogP contribution in [0.5, 0.6) is 0 Å². The molecule has 1 amide bonds. The van der Waals surface area contributed by atoms with Crippen LogP contribution in [0.2, 0.25) is 15.1 Å². The molecule has 1 unspecified atom stereocenters. The lowest BCUT2D eigenvalue weighted by Gasteiger charge is -2.17. The fourth-order valence-corrected chi connectivity index (χ4v) is 4.17. The molecule has 0 saturated carbocycles. The number of nitrogens with one attached hydrogen (secondary N) is 3. The highest BCUT2D eigenvalue weighted by Crippen LogP contribution is 2.36. The summed E-state index contributed by atoms with van der Waals surface area (Å²) in [5.41, 5.74) is 14.9. The minimum absolute atomic E-state index is 0.171. The number of rotatable bonds is 7. The Labute approximate surface area is 228 Å². The number of carbonyl (C=O) groups excluding carboxylic acids is 1. The molecule has 1 atom stereocenters. The molecule has 0 fully saturated rings. The first kappa shape index (κ1) is 26.0. The first-order valence-corrected chi connectivity index (χ1v) is 12.0. The summed E-state index contributed by atoms with van der Waals surface area (Å²) < 4.78 is 0. The topological polar surface area (TPSA) is 129 Å². The van der Waals surface area contributed by atoms with Crippen LogP contribution in [0.3, 0.4) is 0 Å². The normalized spacial score (nSPS) is 11.3. The highest BCUT2D eigenvalue weighted by molar-refractivity contribution is 6.32. The zero-order chi connectivity index (χ0) is 26.5. The molecule has 186 valence electrons. The van der Waals surface area contributed by atoms with E-state index in [0.717, 1.165) is 11.1 Å². The maximum absolute atomic E-state index is 12.4. The molecule has 0 aliphatic carbocycles. The van der Waals surface area contributed by atoms with Crippen LogP contribution >= 0.6 is 34.8 Å². The molecule has 37 heavy (non-hydrogen) atoms. The molecule has 0 radical (unpaired) electrons. The quantitative estimate of drug-likeness (QED) is 0.193. The Balaban J connectivity index is 1.53. The second-order valence-electron chi connectivity index (χ2n) is 8.00. The van der Waals surface area contributed by atoms with Gasteiger partial charge < -0.3 is 11.1 Å². The van der Waals surface area contributed by atoms with Crippen LogP contribution in [0.25, 0.3) is 0 Å². The van der Waals surface area contributed by atoms with Crippen LogP contribution in [0.4, 0.5) is 23.0 Å². The van der Waals surface area contributed by atoms with Crippen molar-refractivity contribution in [1.29, 1.82) is 5.26 Å². The first-order valence-electron chi connectivity index (χ1n) is 10.9. The number of hydrazine groups is 1. The standard InChI is InChI=1S/C26H20Cl3N7O/c1-14-9-19(20(12-30)15-5-7-17(27)8-6-15)21(29)11-22(14)34-24-23(31)25(33-13-32-24)35-36-26(37)16-3-2-4-18(28)10-16/h2-11,13,20H,31H2,1H3,(H,36,37)(H2,32,33,34,35). The van der Waals surface area contributed by atoms with Crippen molar-refractivity contribution >= 4 is 63.7 Å². The van der Waals surface area contributed by atoms with Crippen molar-refractivity contribution in [3.05, 3.63) is 104 Å². The molecule has 8 nitrogen and oxygen atoms in total. The summed E-state index contributed by atoms with van der Waals surface area (Å²) in [6.07, 6.45) is 1.30. The van der Waals surface area contributed by atoms with Gasteiger partial charge in [-0.3, -0.25) is 15.6 Å². The third-order valence-electron chi connectivity index (χ3n) is 5.51. The Morgan fingerprint density at radius 2 is 1.73 bits per heavy atom. The van der Waals surface area contributed by atoms with Crippen LogP contribution in [-0.2, 0) is 0 Å². The Kier molecular flexibility index (Phi) is 7.99. The van der Waals surface area contributed by atoms with E-state index in [1.54, 1.807) is 48.5 Å². The van der Waals surface area contributed by atoms with Crippen molar-refractivity contribution in [1.82, 2.24) is 15.4 Å². The third kappa shape index (κ3) is 6.04. The Hall–Kier alpha value is -4.03. The van der Waals surface area contributed by atoms with E-state index in [0.29, 0.717) is 37.7 Å². The van der Waals surface area contributed by atoms with Gasteiger partial charge in [-0.05, 0) is 60.0 Å². The molecule has 4 rings (SSSR count). The molecule has 3 aromatic carbocycles. The number of nitrogens with zero attached hydrogens (tertiary/aromatic N) is 3. The van der Waals surface area contributed by atoms with Crippen molar-refractivity contribution in [2.45, 2.75) is 12.8 Å². The highest BCUT2D eigenvalue weighted by Gasteiger charge is 2.19. The molecule has 1 heterocycles. The van der Waals surface area contributed by atoms with E-state index in [2.05, 4.69) is 32.2 Å². The zero-order valence-electron chi connectivity index (χ0n) is 19.4. The molecule has 0 spiro atoms. The van der Waals surface area contributed by atoms with E-state index in [4.69, 9.17) is 40.5 Å². The molecule has 5 N–H and O–H groups in total. The average molecular weight is 553 g/mol. The van der Waals surface area contributed by atoms with Gasteiger partial charge in [-0.1, -0.05) is 59.1 Å². The number of halogens is 3. The first-order chi connectivity index (χ1) is 17.8. The maximum atomic E-state index is 12.4. The summed E-state index contributed by atoms with van der Waals surface area (Å²) in [5.74, 6) is -0.488. The van der Waals surface area contributed by atoms with E-state index in [-0.39, 0.29) is 11.5 Å². The number of nitriles is 1. The minimum Gasteiger partial charge on any atom is -0.393 e. The van der Waals surface area contributed by atoms with Gasteiger partial charge in [0.05, 0.1) is 12.0 Å². The fourth-order valence-electron chi connectivity index (χ4n) is 3.58. The molecule has 0 aliphatic heterocycles. The number of hydrogen-bond donors (Lipinski definition) is 4. The molecular weight excluding hydrogens is 533 g/mol. The fraction of sp³-hybridized carbons (Fsp3) is 0.0769. The SMILES string of the molecule is Cc1cc(C(C#N)c2ccc(Cl)cc2)c(Cl)cc1Nc1ncnc(NNC(=O)c2cccc(Cl)c2)c1N. The lowest BCUT2D eigenvalue weighted by Crippen LogP contribution is -2.30. The molecule has 11 heteroatoms. The number of aromatic nitrogens is 2. The van der Waals surface area contributed by atoms with Crippen LogP contribution in [0.15, 0.2) is 67.0 Å². The second kappa shape index (κ2) is 11.4. The van der Waals surface area contributed by atoms with Crippen molar-refractivity contribution in [3.8, 4) is 6.07 Å². The monoisotopic (exact) mass is 551 g/mol. The summed E-state index contributed by atoms with van der Waals surface area (Å²) in [7, 11) is 0. The average Bonchev–Trinajstić information content (AvgIpc) is 2.88. The van der Waals surface area contributed by atoms with E-state index in [1.165, 1.54) is 12.4 Å². The molecule has 4 aromatic rings. The highest BCUT2D eigenvalue weighted by atomic mass is 35.5. The van der Waals surface area contributed by atoms with E-state index < -0.39 is 11.8 Å². The Bertz CT molecular complexity index is 1500. The van der Waals surface area contributed by atoms with Crippen LogP contribution in [0.1, 0.15) is 33.0 Å². The number of carbonyl (C=O) groups is 1. The number of nitrogens with two attached hydrogens (primary N) is 1. The van der Waals surface area contributed by atoms with Crippen molar-refractivity contribution < 1.29 is 4.79 Å². The third-order valence-corrected chi connectivity index (χ3v) is 6.32. The van der Waals surface area contributed by atoms with Crippen LogP contribution in [-0.4, -0.2) is 15.9 Å². The molecule has 0 aliphatic rings. The summed E-state index contributed by atoms with van der Waals surface area (Å²) in [5, 5.41) is 14.4. The lowest BCUT2D eigenvalue weighted by molar-refractivity contribution is 0.0962. The predicted molar refractivity (Wildman–Crippen MR) is 147 cm³/mol. The van der Waals surface area contributed by atoms with E-state index >= 15 is 0 Å². The zero-order valence-corrected chi connectivity index (χ0v) is 21.7. The number of anilines is 4.